The van der Waals surface area contributed by atoms with E-state index in [1.807, 2.05) is 20.8 Å². The molecule has 20 heavy (non-hydrogen) atoms. The van der Waals surface area contributed by atoms with Crippen LogP contribution < -0.4 is 4.72 Å². The Bertz CT molecular complexity index is 440. The maximum atomic E-state index is 13.9. The Hall–Kier alpha value is -0.360. The summed E-state index contributed by atoms with van der Waals surface area (Å²) in [5.74, 6) is -0.609. The molecule has 1 aromatic rings. The minimum Gasteiger partial charge on any atom is -0.598 e. The highest BCUT2D eigenvalue weighted by Crippen LogP contribution is 2.26. The smallest absolute Gasteiger partial charge is 0.136 e. The molecule has 114 valence electrons. The van der Waals surface area contributed by atoms with Crippen molar-refractivity contribution >= 4 is 23.0 Å². The fourth-order valence-electron chi connectivity index (χ4n) is 1.65. The van der Waals surface area contributed by atoms with Crippen molar-refractivity contribution in [3.8, 4) is 0 Å². The van der Waals surface area contributed by atoms with Crippen molar-refractivity contribution < 1.29 is 13.3 Å². The van der Waals surface area contributed by atoms with Crippen LogP contribution in [0.1, 0.15) is 45.2 Å². The first-order valence-electron chi connectivity index (χ1n) is 6.44. The van der Waals surface area contributed by atoms with E-state index >= 15 is 0 Å². The third kappa shape index (κ3) is 5.20. The van der Waals surface area contributed by atoms with Crippen LogP contribution in [0.15, 0.2) is 18.2 Å². The van der Waals surface area contributed by atoms with E-state index in [0.29, 0.717) is 18.7 Å². The highest BCUT2D eigenvalue weighted by molar-refractivity contribution is 7.90. The van der Waals surface area contributed by atoms with E-state index < -0.39 is 33.8 Å². The molecule has 0 heterocycles. The lowest BCUT2D eigenvalue weighted by Crippen LogP contribution is -2.41. The Morgan fingerprint density at radius 3 is 2.55 bits per heavy atom. The summed E-state index contributed by atoms with van der Waals surface area (Å²) in [6.07, 6.45) is 1.11. The van der Waals surface area contributed by atoms with Gasteiger partial charge in [0, 0.05) is 22.8 Å². The number of halogens is 3. The van der Waals surface area contributed by atoms with Gasteiger partial charge in [-0.1, -0.05) is 0 Å². The fourth-order valence-corrected chi connectivity index (χ4v) is 2.66. The van der Waals surface area contributed by atoms with Crippen molar-refractivity contribution in [2.24, 2.45) is 0 Å². The van der Waals surface area contributed by atoms with Crippen molar-refractivity contribution in [1.29, 1.82) is 0 Å². The molecule has 0 radical (unpaired) electrons. The topological polar surface area (TPSA) is 35.1 Å². The molecule has 2 atom stereocenters. The molecule has 2 nitrogen and oxygen atoms in total. The van der Waals surface area contributed by atoms with E-state index in [1.54, 1.807) is 0 Å². The van der Waals surface area contributed by atoms with Crippen LogP contribution in [0.25, 0.3) is 0 Å². The molecule has 0 aliphatic rings. The first kappa shape index (κ1) is 17.7. The second-order valence-electron chi connectivity index (χ2n) is 5.55. The van der Waals surface area contributed by atoms with Crippen LogP contribution in [0.3, 0.4) is 0 Å². The van der Waals surface area contributed by atoms with Gasteiger partial charge in [0.25, 0.3) is 0 Å². The summed E-state index contributed by atoms with van der Waals surface area (Å²) < 4.78 is 41.7. The van der Waals surface area contributed by atoms with Crippen LogP contribution in [0.5, 0.6) is 0 Å². The summed E-state index contributed by atoms with van der Waals surface area (Å²) in [4.78, 5) is 0. The van der Waals surface area contributed by atoms with Crippen molar-refractivity contribution in [2.75, 3.05) is 5.88 Å². The lowest BCUT2D eigenvalue weighted by molar-refractivity contribution is 0.490. The summed E-state index contributed by atoms with van der Waals surface area (Å²) >= 11 is 4.29. The van der Waals surface area contributed by atoms with Gasteiger partial charge in [0.2, 0.25) is 0 Å². The predicted molar refractivity (Wildman–Crippen MR) is 80.1 cm³/mol. The predicted octanol–water partition coefficient (Wildman–Crippen LogP) is 4.08. The molecule has 0 bridgehead atoms. The molecule has 0 fully saturated rings. The molecule has 1 N–H and O–H groups in total. The number of alkyl halides is 1. The standard InChI is InChI=1S/C14H20ClF2NOS/c1-14(2,3)20(19)18-13(5-4-8-15)11-9-10(16)6-7-12(11)17/h6-7,9,13,18H,4-5,8H2,1-3H3/t13-,20-/m0/s1. The lowest BCUT2D eigenvalue weighted by Gasteiger charge is -2.28. The molecular formula is C14H20ClF2NOS. The maximum Gasteiger partial charge on any atom is 0.136 e. The molecular weight excluding hydrogens is 304 g/mol. The van der Waals surface area contributed by atoms with Crippen LogP contribution in [0, 0.1) is 11.6 Å². The quantitative estimate of drug-likeness (QED) is 0.632. The Labute approximate surface area is 127 Å². The molecule has 0 aromatic heterocycles. The van der Waals surface area contributed by atoms with Crippen LogP contribution >= 0.6 is 11.6 Å². The summed E-state index contributed by atoms with van der Waals surface area (Å²) in [6.45, 7) is 5.45. The summed E-state index contributed by atoms with van der Waals surface area (Å²) in [5, 5.41) is 0. The van der Waals surface area contributed by atoms with Crippen molar-refractivity contribution in [2.45, 2.75) is 44.4 Å². The third-order valence-electron chi connectivity index (χ3n) is 2.77. The maximum absolute atomic E-state index is 13.9. The van der Waals surface area contributed by atoms with E-state index in [-0.39, 0.29) is 5.56 Å². The molecule has 1 aromatic carbocycles. The van der Waals surface area contributed by atoms with E-state index in [0.717, 1.165) is 18.2 Å². The summed E-state index contributed by atoms with van der Waals surface area (Å²) in [5.41, 5.74) is 0.188. The van der Waals surface area contributed by atoms with E-state index in [9.17, 15) is 13.3 Å². The second-order valence-corrected chi connectivity index (χ2v) is 7.92. The number of rotatable bonds is 6. The van der Waals surface area contributed by atoms with Gasteiger partial charge in [-0.3, -0.25) is 0 Å². The molecule has 0 amide bonds. The summed E-state index contributed by atoms with van der Waals surface area (Å²) in [7, 11) is 0. The highest BCUT2D eigenvalue weighted by atomic mass is 35.5. The number of nitrogens with one attached hydrogen (secondary N) is 1. The monoisotopic (exact) mass is 323 g/mol. The molecule has 0 spiro atoms. The van der Waals surface area contributed by atoms with Gasteiger partial charge in [-0.15, -0.1) is 16.3 Å². The van der Waals surface area contributed by atoms with Gasteiger partial charge in [0.05, 0.1) is 6.04 Å². The summed E-state index contributed by atoms with van der Waals surface area (Å²) in [6, 6.07) is 2.77. The Kier molecular flexibility index (Phi) is 6.72. The van der Waals surface area contributed by atoms with Crippen LogP contribution in [0.2, 0.25) is 0 Å². The molecule has 0 aliphatic heterocycles. The van der Waals surface area contributed by atoms with Gasteiger partial charge in [-0.2, -0.15) is 0 Å². The average molecular weight is 324 g/mol. The van der Waals surface area contributed by atoms with Gasteiger partial charge in [0.1, 0.15) is 16.4 Å². The largest absolute Gasteiger partial charge is 0.598 e. The zero-order valence-electron chi connectivity index (χ0n) is 11.9. The molecule has 0 saturated carbocycles. The highest BCUT2D eigenvalue weighted by Gasteiger charge is 2.30. The minimum atomic E-state index is -1.37. The minimum absolute atomic E-state index is 0.188. The molecule has 0 saturated heterocycles. The van der Waals surface area contributed by atoms with Crippen LogP contribution in [0.4, 0.5) is 8.78 Å². The van der Waals surface area contributed by atoms with Crippen molar-refractivity contribution in [1.82, 2.24) is 4.72 Å². The van der Waals surface area contributed by atoms with E-state index in [4.69, 9.17) is 11.6 Å². The van der Waals surface area contributed by atoms with Crippen molar-refractivity contribution in [3.05, 3.63) is 35.4 Å². The normalized spacial score (nSPS) is 15.2. The number of hydrogen-bond donors (Lipinski definition) is 1. The van der Waals surface area contributed by atoms with Gasteiger partial charge < -0.3 is 4.55 Å². The van der Waals surface area contributed by atoms with E-state index in [2.05, 4.69) is 4.72 Å². The number of benzene rings is 1. The van der Waals surface area contributed by atoms with Gasteiger partial charge in [0.15, 0.2) is 0 Å². The van der Waals surface area contributed by atoms with Crippen molar-refractivity contribution in [3.63, 3.8) is 0 Å². The first-order chi connectivity index (χ1) is 9.25. The van der Waals surface area contributed by atoms with Gasteiger partial charge in [-0.25, -0.2) is 8.78 Å². The van der Waals surface area contributed by atoms with Gasteiger partial charge >= 0.3 is 0 Å². The number of hydrogen-bond acceptors (Lipinski definition) is 2. The Morgan fingerprint density at radius 2 is 2.00 bits per heavy atom. The van der Waals surface area contributed by atoms with Crippen LogP contribution in [-0.4, -0.2) is 15.2 Å². The molecule has 0 unspecified atom stereocenters. The molecule has 1 rings (SSSR count). The SMILES string of the molecule is CC(C)(C)[S@+]([O-])N[C@@H](CCCCl)c1cc(F)ccc1F. The zero-order valence-corrected chi connectivity index (χ0v) is 13.5. The lowest BCUT2D eigenvalue weighted by atomic mass is 10.0. The Balaban J connectivity index is 2.96. The second kappa shape index (κ2) is 7.59. The average Bonchev–Trinajstić information content (AvgIpc) is 2.36. The van der Waals surface area contributed by atoms with Crippen LogP contribution in [-0.2, 0) is 11.4 Å². The Morgan fingerprint density at radius 1 is 1.35 bits per heavy atom. The molecule has 0 aliphatic carbocycles. The fraction of sp³-hybridized carbons (Fsp3) is 0.571. The zero-order chi connectivity index (χ0) is 15.3. The third-order valence-corrected chi connectivity index (χ3v) is 4.64. The van der Waals surface area contributed by atoms with Gasteiger partial charge in [-0.05, 0) is 51.8 Å². The van der Waals surface area contributed by atoms with E-state index in [1.165, 1.54) is 0 Å². The molecule has 6 heteroatoms. The first-order valence-corrected chi connectivity index (χ1v) is 8.13.